The van der Waals surface area contributed by atoms with E-state index < -0.39 is 51.3 Å². The Morgan fingerprint density at radius 2 is 1.76 bits per heavy atom. The maximum absolute atomic E-state index is 14.9. The summed E-state index contributed by atoms with van der Waals surface area (Å²) in [5.74, 6) is -1.94. The van der Waals surface area contributed by atoms with Crippen LogP contribution in [0.2, 0.25) is 0 Å². The lowest BCUT2D eigenvalue weighted by atomic mass is 9.98. The molecule has 2 amide bonds. The van der Waals surface area contributed by atoms with Crippen LogP contribution in [0.1, 0.15) is 67.6 Å². The molecular formula is C29H33F4N3O4S. The summed E-state index contributed by atoms with van der Waals surface area (Å²) in [4.78, 5) is 29.2. The fourth-order valence-electron chi connectivity index (χ4n) is 6.02. The number of piperidine rings is 1. The van der Waals surface area contributed by atoms with Crippen molar-refractivity contribution in [2.45, 2.75) is 75.3 Å². The summed E-state index contributed by atoms with van der Waals surface area (Å²) < 4.78 is 78.8. The summed E-state index contributed by atoms with van der Waals surface area (Å²) >= 11 is 0. The predicted molar refractivity (Wildman–Crippen MR) is 144 cm³/mol. The lowest BCUT2D eigenvalue weighted by Crippen LogP contribution is -2.49. The number of carbonyl (C=O) groups excluding carboxylic acids is 2. The van der Waals surface area contributed by atoms with Gasteiger partial charge in [0.1, 0.15) is 11.9 Å². The highest BCUT2D eigenvalue weighted by molar-refractivity contribution is 7.90. The van der Waals surface area contributed by atoms with Crippen LogP contribution < -0.4 is 10.6 Å². The maximum atomic E-state index is 14.9. The zero-order valence-electron chi connectivity index (χ0n) is 23.1. The van der Waals surface area contributed by atoms with Crippen molar-refractivity contribution in [3.63, 3.8) is 0 Å². The third-order valence-electron chi connectivity index (χ3n) is 8.35. The average Bonchev–Trinajstić information content (AvgIpc) is 3.77. The molecular weight excluding hydrogens is 562 g/mol. The Bertz CT molecular complexity index is 1490. The first kappa shape index (κ1) is 29.3. The second kappa shape index (κ2) is 10.3. The van der Waals surface area contributed by atoms with Crippen LogP contribution in [-0.2, 0) is 20.8 Å². The maximum Gasteiger partial charge on any atom is 0.416 e. The number of nitrogens with one attached hydrogen (secondary N) is 2. The Kier molecular flexibility index (Phi) is 7.36. The Morgan fingerprint density at radius 3 is 2.32 bits per heavy atom. The molecule has 0 radical (unpaired) electrons. The summed E-state index contributed by atoms with van der Waals surface area (Å²) in [6.45, 7) is 5.74. The van der Waals surface area contributed by atoms with Crippen molar-refractivity contribution in [1.82, 2.24) is 10.2 Å². The Morgan fingerprint density at radius 1 is 1.07 bits per heavy atom. The second-order valence-electron chi connectivity index (χ2n) is 11.8. The largest absolute Gasteiger partial charge is 0.416 e. The number of likely N-dealkylation sites (tertiary alicyclic amines) is 1. The number of alkyl halides is 3. The molecule has 1 aliphatic heterocycles. The molecule has 5 atom stereocenters. The van der Waals surface area contributed by atoms with Gasteiger partial charge < -0.3 is 15.5 Å². The van der Waals surface area contributed by atoms with Gasteiger partial charge in [-0.2, -0.15) is 13.2 Å². The Hall–Kier alpha value is -3.15. The molecule has 1 heterocycles. The summed E-state index contributed by atoms with van der Waals surface area (Å²) in [6.07, 6.45) is -1.89. The van der Waals surface area contributed by atoms with Crippen LogP contribution in [0.5, 0.6) is 0 Å². The van der Waals surface area contributed by atoms with E-state index in [1.807, 2.05) is 20.8 Å². The molecule has 5 rings (SSSR count). The fourth-order valence-corrected chi connectivity index (χ4v) is 6.66. The predicted octanol–water partition coefficient (Wildman–Crippen LogP) is 5.18. The number of nitrogens with zero attached hydrogens (tertiary/aromatic N) is 1. The number of hydrogen-bond acceptors (Lipinski definition) is 5. The summed E-state index contributed by atoms with van der Waals surface area (Å²) in [6, 6.07) is 4.61. The van der Waals surface area contributed by atoms with E-state index in [0.29, 0.717) is 31.0 Å². The molecule has 0 aromatic heterocycles. The quantitative estimate of drug-likeness (QED) is 0.410. The molecule has 222 valence electrons. The first-order chi connectivity index (χ1) is 19.1. The zero-order chi connectivity index (χ0) is 30.0. The van der Waals surface area contributed by atoms with Gasteiger partial charge in [-0.15, -0.1) is 0 Å². The number of hydrogen-bond donors (Lipinski definition) is 2. The molecule has 3 fully saturated rings. The molecule has 2 saturated carbocycles. The lowest BCUT2D eigenvalue weighted by Gasteiger charge is -2.31. The van der Waals surface area contributed by atoms with Crippen LogP contribution in [0, 0.1) is 23.6 Å². The minimum atomic E-state index is -4.70. The van der Waals surface area contributed by atoms with Crippen LogP contribution in [-0.4, -0.2) is 49.5 Å². The van der Waals surface area contributed by atoms with Crippen molar-refractivity contribution in [3.05, 3.63) is 58.9 Å². The van der Waals surface area contributed by atoms with Gasteiger partial charge in [-0.25, -0.2) is 12.8 Å². The van der Waals surface area contributed by atoms with Gasteiger partial charge in [0.2, 0.25) is 5.91 Å². The van der Waals surface area contributed by atoms with E-state index in [-0.39, 0.29) is 45.9 Å². The molecule has 0 unspecified atom stereocenters. The van der Waals surface area contributed by atoms with Crippen LogP contribution >= 0.6 is 0 Å². The van der Waals surface area contributed by atoms with E-state index >= 15 is 0 Å². The average molecular weight is 596 g/mol. The topological polar surface area (TPSA) is 95.6 Å². The van der Waals surface area contributed by atoms with Crippen LogP contribution in [0.25, 0.3) is 0 Å². The highest BCUT2D eigenvalue weighted by atomic mass is 32.2. The van der Waals surface area contributed by atoms with E-state index in [9.17, 15) is 35.6 Å². The van der Waals surface area contributed by atoms with E-state index in [1.54, 1.807) is 6.07 Å². The first-order valence-electron chi connectivity index (χ1n) is 13.7. The molecule has 2 N–H and O–H groups in total. The number of benzene rings is 2. The molecule has 2 aromatic carbocycles. The molecule has 2 aromatic rings. The summed E-state index contributed by atoms with van der Waals surface area (Å²) in [7, 11) is -3.62. The molecule has 41 heavy (non-hydrogen) atoms. The van der Waals surface area contributed by atoms with Crippen molar-refractivity contribution in [2.24, 2.45) is 17.8 Å². The van der Waals surface area contributed by atoms with Gasteiger partial charge in [-0.1, -0.05) is 13.0 Å². The second-order valence-corrected chi connectivity index (χ2v) is 13.8. The highest BCUT2D eigenvalue weighted by Gasteiger charge is 2.62. The standard InChI is InChI=1S/C29H33F4N3O4S/c1-14(2)34-23-10-8-18(41(4,39)40)12-21(23)28(38)36-24(13-20-15(3)26(20)36)27(37)35-25(16-5-6-16)19-9-7-17(11-22(19)30)29(31,32)33/h7-12,14-16,20,24-26,34H,5-6,13H2,1-4H3,(H,35,37)/t15-,20+,24-,25-,26-/m1/s1. The van der Waals surface area contributed by atoms with Gasteiger partial charge in [-0.3, -0.25) is 9.59 Å². The number of amides is 2. The number of rotatable bonds is 8. The third kappa shape index (κ3) is 5.80. The molecule has 1 saturated heterocycles. The van der Waals surface area contributed by atoms with Crippen molar-refractivity contribution in [3.8, 4) is 0 Å². The van der Waals surface area contributed by atoms with Gasteiger partial charge in [-0.05, 0) is 81.2 Å². The van der Waals surface area contributed by atoms with Crippen molar-refractivity contribution < 1.29 is 35.6 Å². The van der Waals surface area contributed by atoms with E-state index in [4.69, 9.17) is 0 Å². The van der Waals surface area contributed by atoms with Gasteiger partial charge in [0.05, 0.1) is 22.1 Å². The van der Waals surface area contributed by atoms with Crippen LogP contribution in [0.4, 0.5) is 23.2 Å². The minimum Gasteiger partial charge on any atom is -0.382 e. The molecule has 3 aliphatic rings. The SMILES string of the molecule is CC(C)Nc1ccc(S(C)(=O)=O)cc1C(=O)N1[C@@H]2[C@H](C)[C@@H]2C[C@@H]1C(=O)N[C@@H](c1ccc(C(F)(F)F)cc1F)C1CC1. The normalized spacial score (nSPS) is 24.7. The van der Waals surface area contributed by atoms with E-state index in [1.165, 1.54) is 17.0 Å². The van der Waals surface area contributed by atoms with Gasteiger partial charge in [0.25, 0.3) is 5.91 Å². The summed E-state index contributed by atoms with van der Waals surface area (Å²) in [5, 5.41) is 6.02. The highest BCUT2D eigenvalue weighted by Crippen LogP contribution is 2.54. The number of carbonyl (C=O) groups is 2. The Labute approximate surface area is 236 Å². The molecule has 0 spiro atoms. The van der Waals surface area contributed by atoms with Gasteiger partial charge in [0.15, 0.2) is 9.84 Å². The molecule has 7 nitrogen and oxygen atoms in total. The number of halogens is 4. The first-order valence-corrected chi connectivity index (χ1v) is 15.6. The fraction of sp³-hybridized carbons (Fsp3) is 0.517. The smallest absolute Gasteiger partial charge is 0.382 e. The Balaban J connectivity index is 1.45. The van der Waals surface area contributed by atoms with E-state index in [0.717, 1.165) is 18.4 Å². The lowest BCUT2D eigenvalue weighted by molar-refractivity contribution is -0.137. The minimum absolute atomic E-state index is 0.0208. The monoisotopic (exact) mass is 595 g/mol. The summed E-state index contributed by atoms with van der Waals surface area (Å²) in [5.41, 5.74) is -0.557. The number of fused-ring (bicyclic) bond motifs is 1. The molecule has 2 aliphatic carbocycles. The zero-order valence-corrected chi connectivity index (χ0v) is 23.9. The van der Waals surface area contributed by atoms with E-state index in [2.05, 4.69) is 10.6 Å². The van der Waals surface area contributed by atoms with Crippen molar-refractivity contribution in [1.29, 1.82) is 0 Å². The third-order valence-corrected chi connectivity index (χ3v) is 9.46. The van der Waals surface area contributed by atoms with Crippen molar-refractivity contribution in [2.75, 3.05) is 11.6 Å². The van der Waals surface area contributed by atoms with Crippen molar-refractivity contribution >= 4 is 27.3 Å². The molecule has 12 heteroatoms. The van der Waals surface area contributed by atoms with Crippen LogP contribution in [0.3, 0.4) is 0 Å². The number of sulfone groups is 1. The van der Waals surface area contributed by atoms with Gasteiger partial charge in [0, 0.05) is 29.6 Å². The molecule has 0 bridgehead atoms. The van der Waals surface area contributed by atoms with Gasteiger partial charge >= 0.3 is 6.18 Å². The number of anilines is 1. The van der Waals surface area contributed by atoms with Crippen LogP contribution in [0.15, 0.2) is 41.3 Å².